The molecule has 8 heteroatoms. The van der Waals surface area contributed by atoms with E-state index in [1.54, 1.807) is 28.6 Å². The maximum Gasteiger partial charge on any atom is 0.268 e. The molecule has 1 aliphatic rings. The van der Waals surface area contributed by atoms with Gasteiger partial charge in [-0.25, -0.2) is 9.37 Å². The summed E-state index contributed by atoms with van der Waals surface area (Å²) in [5, 5.41) is 8.14. The highest BCUT2D eigenvalue weighted by Gasteiger charge is 2.24. The van der Waals surface area contributed by atoms with Crippen LogP contribution in [0.1, 0.15) is 26.6 Å². The highest BCUT2D eigenvalue weighted by molar-refractivity contribution is 7.98. The number of nitrogens with zero attached hydrogens (tertiary/aromatic N) is 3. The third-order valence-corrected chi connectivity index (χ3v) is 6.22. The predicted octanol–water partition coefficient (Wildman–Crippen LogP) is 3.99. The minimum atomic E-state index is -0.294. The van der Waals surface area contributed by atoms with Crippen LogP contribution in [0.5, 0.6) is 0 Å². The third-order valence-electron chi connectivity index (χ3n) is 4.04. The molecule has 1 aliphatic heterocycles. The zero-order valence-electron chi connectivity index (χ0n) is 13.7. The van der Waals surface area contributed by atoms with Gasteiger partial charge in [0, 0.05) is 29.7 Å². The molecular formula is C17H15FN4OS2. The van der Waals surface area contributed by atoms with Crippen LogP contribution in [0, 0.1) is 12.7 Å². The number of carbonyl (C=O) groups excluding carboxylic acids is 1. The van der Waals surface area contributed by atoms with Crippen molar-refractivity contribution in [3.05, 3.63) is 51.9 Å². The van der Waals surface area contributed by atoms with E-state index >= 15 is 0 Å². The molecule has 3 heterocycles. The van der Waals surface area contributed by atoms with Gasteiger partial charge in [0.05, 0.1) is 11.4 Å². The molecule has 0 atom stereocenters. The molecule has 0 saturated carbocycles. The Hall–Kier alpha value is -2.19. The molecule has 1 N–H and O–H groups in total. The van der Waals surface area contributed by atoms with E-state index in [1.807, 2.05) is 14.0 Å². The van der Waals surface area contributed by atoms with E-state index in [4.69, 9.17) is 0 Å². The second-order valence-corrected chi connectivity index (χ2v) is 7.77. The van der Waals surface area contributed by atoms with Gasteiger partial charge in [-0.2, -0.15) is 16.9 Å². The number of nitrogens with one attached hydrogen (secondary N) is 1. The fourth-order valence-corrected chi connectivity index (χ4v) is 4.79. The molecule has 4 rings (SSSR count). The van der Waals surface area contributed by atoms with Crippen LogP contribution >= 0.6 is 23.1 Å². The lowest BCUT2D eigenvalue weighted by atomic mass is 10.2. The summed E-state index contributed by atoms with van der Waals surface area (Å²) in [6, 6.07) is 6.12. The first-order chi connectivity index (χ1) is 12.0. The number of hydrogen-bond donors (Lipinski definition) is 1. The van der Waals surface area contributed by atoms with Crippen molar-refractivity contribution in [2.45, 2.75) is 18.4 Å². The van der Waals surface area contributed by atoms with Gasteiger partial charge in [0.1, 0.15) is 21.5 Å². The molecule has 0 saturated heterocycles. The van der Waals surface area contributed by atoms with Gasteiger partial charge in [0.15, 0.2) is 0 Å². The number of aryl methyl sites for hydroxylation is 2. The van der Waals surface area contributed by atoms with Crippen LogP contribution in [0.2, 0.25) is 0 Å². The molecule has 3 aromatic rings. The van der Waals surface area contributed by atoms with Crippen LogP contribution in [0.25, 0.3) is 10.6 Å². The summed E-state index contributed by atoms with van der Waals surface area (Å²) in [6.45, 7) is 1.81. The summed E-state index contributed by atoms with van der Waals surface area (Å²) < 4.78 is 14.8. The van der Waals surface area contributed by atoms with Crippen molar-refractivity contribution < 1.29 is 9.18 Å². The Morgan fingerprint density at radius 3 is 2.80 bits per heavy atom. The Kier molecular flexibility index (Phi) is 4.09. The first-order valence-corrected chi connectivity index (χ1v) is 9.67. The number of carbonyl (C=O) groups is 1. The van der Waals surface area contributed by atoms with Crippen molar-refractivity contribution in [1.82, 2.24) is 14.8 Å². The van der Waals surface area contributed by atoms with E-state index in [1.165, 1.54) is 23.5 Å². The first kappa shape index (κ1) is 16.3. The average molecular weight is 374 g/mol. The number of rotatable bonds is 3. The number of thioether (sulfide) groups is 1. The molecule has 1 aromatic carbocycles. The average Bonchev–Trinajstić information content (AvgIpc) is 3.25. The Morgan fingerprint density at radius 2 is 2.04 bits per heavy atom. The highest BCUT2D eigenvalue weighted by Crippen LogP contribution is 2.35. The molecule has 1 amide bonds. The number of fused-ring (bicyclic) bond motifs is 1. The number of aromatic nitrogens is 3. The van der Waals surface area contributed by atoms with E-state index in [0.29, 0.717) is 15.6 Å². The summed E-state index contributed by atoms with van der Waals surface area (Å²) in [4.78, 5) is 17.8. The number of amides is 1. The maximum atomic E-state index is 13.1. The van der Waals surface area contributed by atoms with E-state index < -0.39 is 0 Å². The molecule has 0 unspecified atom stereocenters. The normalized spacial score (nSPS) is 13.1. The zero-order valence-corrected chi connectivity index (χ0v) is 15.3. The lowest BCUT2D eigenvalue weighted by Crippen LogP contribution is -2.15. The molecular weight excluding hydrogens is 359 g/mol. The van der Waals surface area contributed by atoms with Crippen molar-refractivity contribution in [3.8, 4) is 10.6 Å². The number of benzene rings is 1. The molecule has 0 fully saturated rings. The quantitative estimate of drug-likeness (QED) is 0.753. The molecule has 2 aromatic heterocycles. The Morgan fingerprint density at radius 1 is 1.28 bits per heavy atom. The molecule has 5 nitrogen and oxygen atoms in total. The van der Waals surface area contributed by atoms with Crippen molar-refractivity contribution >= 4 is 34.8 Å². The van der Waals surface area contributed by atoms with E-state index in [9.17, 15) is 9.18 Å². The first-order valence-electron chi connectivity index (χ1n) is 7.70. The number of thiazole rings is 1. The summed E-state index contributed by atoms with van der Waals surface area (Å²) in [5.74, 6) is 2.01. The van der Waals surface area contributed by atoms with Gasteiger partial charge >= 0.3 is 0 Å². The fraction of sp³-hybridized carbons (Fsp3) is 0.235. The van der Waals surface area contributed by atoms with E-state index in [0.717, 1.165) is 34.1 Å². The van der Waals surface area contributed by atoms with Gasteiger partial charge in [0.2, 0.25) is 0 Å². The largest absolute Gasteiger partial charge is 0.306 e. The van der Waals surface area contributed by atoms with Crippen molar-refractivity contribution in [2.75, 3.05) is 5.32 Å². The van der Waals surface area contributed by atoms with Crippen molar-refractivity contribution in [1.29, 1.82) is 0 Å². The van der Waals surface area contributed by atoms with Crippen LogP contribution in [0.3, 0.4) is 0 Å². The van der Waals surface area contributed by atoms with Crippen molar-refractivity contribution in [3.63, 3.8) is 0 Å². The van der Waals surface area contributed by atoms with E-state index in [2.05, 4.69) is 15.4 Å². The Bertz CT molecular complexity index is 962. The molecule has 25 heavy (non-hydrogen) atoms. The zero-order chi connectivity index (χ0) is 17.6. The van der Waals surface area contributed by atoms with Gasteiger partial charge in [0.25, 0.3) is 5.91 Å². The maximum absolute atomic E-state index is 13.1. The summed E-state index contributed by atoms with van der Waals surface area (Å²) in [6.07, 6.45) is 0. The third kappa shape index (κ3) is 2.96. The smallest absolute Gasteiger partial charge is 0.268 e. The topological polar surface area (TPSA) is 59.8 Å². The van der Waals surface area contributed by atoms with Crippen LogP contribution in [-0.4, -0.2) is 20.7 Å². The van der Waals surface area contributed by atoms with E-state index in [-0.39, 0.29) is 11.7 Å². The summed E-state index contributed by atoms with van der Waals surface area (Å²) >= 11 is 3.10. The molecule has 128 valence electrons. The van der Waals surface area contributed by atoms with Crippen LogP contribution < -0.4 is 5.32 Å². The summed E-state index contributed by atoms with van der Waals surface area (Å²) in [5.41, 5.74) is 3.60. The van der Waals surface area contributed by atoms with Crippen LogP contribution in [0.15, 0.2) is 24.3 Å². The lowest BCUT2D eigenvalue weighted by Gasteiger charge is -2.06. The van der Waals surface area contributed by atoms with Gasteiger partial charge in [-0.05, 0) is 31.2 Å². The monoisotopic (exact) mass is 374 g/mol. The van der Waals surface area contributed by atoms with Gasteiger partial charge in [-0.1, -0.05) is 0 Å². The van der Waals surface area contributed by atoms with Gasteiger partial charge in [-0.3, -0.25) is 9.48 Å². The van der Waals surface area contributed by atoms with Gasteiger partial charge < -0.3 is 5.32 Å². The lowest BCUT2D eigenvalue weighted by molar-refractivity contribution is 0.102. The van der Waals surface area contributed by atoms with Crippen molar-refractivity contribution in [2.24, 2.45) is 7.05 Å². The van der Waals surface area contributed by atoms with Crippen LogP contribution in [-0.2, 0) is 18.6 Å². The second kappa shape index (κ2) is 6.27. The number of anilines is 1. The highest BCUT2D eigenvalue weighted by atomic mass is 32.2. The predicted molar refractivity (Wildman–Crippen MR) is 98.4 cm³/mol. The Balaban J connectivity index is 1.62. The SMILES string of the molecule is Cc1nc(-c2ccc(F)cc2)sc1C(=O)Nc1c2c(nn1C)CSC2. The molecule has 0 bridgehead atoms. The fourth-order valence-electron chi connectivity index (χ4n) is 2.78. The Labute approximate surface area is 152 Å². The molecule has 0 radical (unpaired) electrons. The number of halogens is 1. The van der Waals surface area contributed by atoms with Crippen LogP contribution in [0.4, 0.5) is 10.2 Å². The second-order valence-electron chi connectivity index (χ2n) is 5.78. The number of hydrogen-bond acceptors (Lipinski definition) is 5. The minimum Gasteiger partial charge on any atom is -0.306 e. The minimum absolute atomic E-state index is 0.189. The summed E-state index contributed by atoms with van der Waals surface area (Å²) in [7, 11) is 1.84. The molecule has 0 aliphatic carbocycles. The standard InChI is InChI=1S/C17H15FN4OS2/c1-9-14(25-17(19-9)10-3-5-11(18)6-4-10)16(23)20-15-12-7-24-8-13(12)21-22(15)2/h3-6H,7-8H2,1-2H3,(H,20,23). The van der Waals surface area contributed by atoms with Gasteiger partial charge in [-0.15, -0.1) is 11.3 Å². The molecule has 0 spiro atoms.